The lowest BCUT2D eigenvalue weighted by Crippen LogP contribution is -2.26. The fourth-order valence-electron chi connectivity index (χ4n) is 0.749. The highest BCUT2D eigenvalue weighted by Gasteiger charge is 2.27. The van der Waals surface area contributed by atoms with Gasteiger partial charge in [0, 0.05) is 6.42 Å². The van der Waals surface area contributed by atoms with E-state index in [4.69, 9.17) is 10.2 Å². The highest BCUT2D eigenvalue weighted by Crippen LogP contribution is 2.12. The Bertz CT molecular complexity index is 195. The molecule has 0 amide bonds. The summed E-state index contributed by atoms with van der Waals surface area (Å²) in [6.45, 7) is 0. The van der Waals surface area contributed by atoms with Crippen LogP contribution in [0.5, 0.6) is 0 Å². The predicted molar refractivity (Wildman–Crippen MR) is 38.9 cm³/mol. The van der Waals surface area contributed by atoms with E-state index in [1.807, 2.05) is 0 Å². The van der Waals surface area contributed by atoms with Crippen LogP contribution in [0.15, 0.2) is 0 Å². The van der Waals surface area contributed by atoms with Crippen molar-refractivity contribution in [2.75, 3.05) is 0 Å². The molecule has 0 radical (unpaired) electrons. The second-order valence-electron chi connectivity index (χ2n) is 2.54. The zero-order valence-electron chi connectivity index (χ0n) is 6.74. The first kappa shape index (κ1) is 11.8. The number of carboxylic acids is 2. The van der Waals surface area contributed by atoms with Gasteiger partial charge in [-0.3, -0.25) is 4.79 Å². The maximum atomic E-state index is 12.5. The average Bonchev–Trinajstić information content (AvgIpc) is 2.02. The summed E-state index contributed by atoms with van der Waals surface area (Å²) in [5, 5.41) is 16.2. The van der Waals surface area contributed by atoms with E-state index in [1.54, 1.807) is 0 Å². The first-order valence-electron chi connectivity index (χ1n) is 3.68. The number of alkyl halides is 2. The molecule has 2 unspecified atom stereocenters. The molecule has 0 aliphatic heterocycles. The molecule has 0 spiro atoms. The molecule has 0 saturated heterocycles. The van der Waals surface area contributed by atoms with Crippen LogP contribution in [0.2, 0.25) is 0 Å². The molecule has 4 nitrogen and oxygen atoms in total. The molecule has 0 aliphatic carbocycles. The Hall–Kier alpha value is -1.20. The minimum atomic E-state index is -2.56. The molecule has 0 bridgehead atoms. The fraction of sp³-hybridized carbons (Fsp3) is 0.714. The first-order chi connectivity index (χ1) is 5.95. The van der Waals surface area contributed by atoms with Crippen LogP contribution in [0.4, 0.5) is 8.78 Å². The first-order valence-corrected chi connectivity index (χ1v) is 3.68. The Balaban J connectivity index is 3.67. The molecule has 0 aromatic carbocycles. The maximum Gasteiger partial charge on any atom is 0.341 e. The van der Waals surface area contributed by atoms with Gasteiger partial charge in [0.15, 0.2) is 0 Å². The predicted octanol–water partition coefficient (Wildman–Crippen LogP) is 1.00. The summed E-state index contributed by atoms with van der Waals surface area (Å²) >= 11 is 0. The van der Waals surface area contributed by atoms with Gasteiger partial charge in [0.05, 0.1) is 0 Å². The molecule has 0 aliphatic rings. The van der Waals surface area contributed by atoms with Crippen molar-refractivity contribution in [3.05, 3.63) is 0 Å². The third kappa shape index (κ3) is 5.10. The summed E-state index contributed by atoms with van der Waals surface area (Å²) in [6.07, 6.45) is -5.43. The summed E-state index contributed by atoms with van der Waals surface area (Å²) in [6, 6.07) is 0. The standard InChI is InChI=1S/C7H10F2O4/c8-4(6(9)7(12)13)2-1-3-5(10)11/h4,6H,1-3H2,(H,10,11)(H,12,13). The molecule has 76 valence electrons. The molecule has 0 rings (SSSR count). The highest BCUT2D eigenvalue weighted by molar-refractivity contribution is 5.72. The van der Waals surface area contributed by atoms with Crippen LogP contribution in [-0.2, 0) is 9.59 Å². The second kappa shape index (κ2) is 5.45. The summed E-state index contributed by atoms with van der Waals surface area (Å²) in [5.74, 6) is -2.97. The minimum absolute atomic E-state index is 0.0653. The molecular weight excluding hydrogens is 186 g/mol. The van der Waals surface area contributed by atoms with E-state index in [0.29, 0.717) is 0 Å². The van der Waals surface area contributed by atoms with Crippen LogP contribution in [0.3, 0.4) is 0 Å². The molecule has 0 fully saturated rings. The highest BCUT2D eigenvalue weighted by atomic mass is 19.2. The van der Waals surface area contributed by atoms with Crippen LogP contribution >= 0.6 is 0 Å². The van der Waals surface area contributed by atoms with Gasteiger partial charge in [-0.05, 0) is 12.8 Å². The molecule has 2 atom stereocenters. The third-order valence-electron chi connectivity index (χ3n) is 1.42. The van der Waals surface area contributed by atoms with E-state index < -0.39 is 24.3 Å². The Morgan fingerprint density at radius 3 is 2.15 bits per heavy atom. The average molecular weight is 196 g/mol. The molecule has 0 heterocycles. The molecule has 6 heteroatoms. The largest absolute Gasteiger partial charge is 0.481 e. The Labute approximate surface area is 73.2 Å². The molecule has 13 heavy (non-hydrogen) atoms. The normalized spacial score (nSPS) is 14.9. The van der Waals surface area contributed by atoms with Gasteiger partial charge in [-0.25, -0.2) is 13.6 Å². The summed E-state index contributed by atoms with van der Waals surface area (Å²) in [7, 11) is 0. The van der Waals surface area contributed by atoms with Gasteiger partial charge in [0.1, 0.15) is 6.17 Å². The summed E-state index contributed by atoms with van der Waals surface area (Å²) in [5.41, 5.74) is 0. The van der Waals surface area contributed by atoms with Gasteiger partial charge < -0.3 is 10.2 Å². The van der Waals surface area contributed by atoms with Crippen molar-refractivity contribution >= 4 is 11.9 Å². The van der Waals surface area contributed by atoms with Gasteiger partial charge in [-0.2, -0.15) is 0 Å². The van der Waals surface area contributed by atoms with Crippen LogP contribution in [0.1, 0.15) is 19.3 Å². The van der Waals surface area contributed by atoms with Gasteiger partial charge >= 0.3 is 11.9 Å². The van der Waals surface area contributed by atoms with E-state index >= 15 is 0 Å². The minimum Gasteiger partial charge on any atom is -0.481 e. The number of carbonyl (C=O) groups is 2. The van der Waals surface area contributed by atoms with Gasteiger partial charge in [-0.1, -0.05) is 0 Å². The summed E-state index contributed by atoms with van der Waals surface area (Å²) < 4.78 is 24.9. The van der Waals surface area contributed by atoms with Crippen LogP contribution in [0, 0.1) is 0 Å². The number of carboxylic acid groups (broad SMARTS) is 2. The fourth-order valence-corrected chi connectivity index (χ4v) is 0.749. The van der Waals surface area contributed by atoms with Crippen LogP contribution in [0.25, 0.3) is 0 Å². The lowest BCUT2D eigenvalue weighted by Gasteiger charge is -2.07. The zero-order valence-corrected chi connectivity index (χ0v) is 6.74. The van der Waals surface area contributed by atoms with Gasteiger partial charge in [0.2, 0.25) is 6.17 Å². The monoisotopic (exact) mass is 196 g/mol. The van der Waals surface area contributed by atoms with E-state index in [1.165, 1.54) is 0 Å². The molecule has 2 N–H and O–H groups in total. The quantitative estimate of drug-likeness (QED) is 0.664. The number of rotatable bonds is 6. The second-order valence-corrected chi connectivity index (χ2v) is 2.54. The van der Waals surface area contributed by atoms with E-state index in [2.05, 4.69) is 0 Å². The molecule has 0 saturated carbocycles. The molecular formula is C7H10F2O4. The number of hydrogen-bond donors (Lipinski definition) is 2. The smallest absolute Gasteiger partial charge is 0.341 e. The van der Waals surface area contributed by atoms with Crippen molar-refractivity contribution in [2.45, 2.75) is 31.6 Å². The van der Waals surface area contributed by atoms with Crippen molar-refractivity contribution in [3.8, 4) is 0 Å². The molecule has 0 aromatic rings. The van der Waals surface area contributed by atoms with Crippen molar-refractivity contribution in [2.24, 2.45) is 0 Å². The van der Waals surface area contributed by atoms with Gasteiger partial charge in [-0.15, -0.1) is 0 Å². The van der Waals surface area contributed by atoms with Crippen molar-refractivity contribution in [1.29, 1.82) is 0 Å². The van der Waals surface area contributed by atoms with Crippen LogP contribution < -0.4 is 0 Å². The topological polar surface area (TPSA) is 74.6 Å². The van der Waals surface area contributed by atoms with Crippen molar-refractivity contribution in [1.82, 2.24) is 0 Å². The van der Waals surface area contributed by atoms with Crippen molar-refractivity contribution in [3.63, 3.8) is 0 Å². The third-order valence-corrected chi connectivity index (χ3v) is 1.42. The lowest BCUT2D eigenvalue weighted by molar-refractivity contribution is -0.145. The number of hydrogen-bond acceptors (Lipinski definition) is 2. The van der Waals surface area contributed by atoms with Crippen LogP contribution in [-0.4, -0.2) is 34.5 Å². The van der Waals surface area contributed by atoms with E-state index in [9.17, 15) is 18.4 Å². The Kier molecular flexibility index (Phi) is 4.94. The number of halogens is 2. The Morgan fingerprint density at radius 2 is 1.77 bits per heavy atom. The maximum absolute atomic E-state index is 12.5. The Morgan fingerprint density at radius 1 is 1.23 bits per heavy atom. The van der Waals surface area contributed by atoms with Gasteiger partial charge in [0.25, 0.3) is 0 Å². The van der Waals surface area contributed by atoms with Crippen molar-refractivity contribution < 1.29 is 28.6 Å². The van der Waals surface area contributed by atoms with E-state index in [0.717, 1.165) is 0 Å². The lowest BCUT2D eigenvalue weighted by atomic mass is 10.1. The molecule has 0 aromatic heterocycles. The zero-order chi connectivity index (χ0) is 10.4. The SMILES string of the molecule is O=C(O)CCCC(F)C(F)C(=O)O. The van der Waals surface area contributed by atoms with E-state index in [-0.39, 0.29) is 19.3 Å². The summed E-state index contributed by atoms with van der Waals surface area (Å²) in [4.78, 5) is 19.9. The number of aliphatic carboxylic acids is 2.